The van der Waals surface area contributed by atoms with Gasteiger partial charge in [0.25, 0.3) is 5.91 Å². The van der Waals surface area contributed by atoms with Crippen molar-refractivity contribution in [1.29, 1.82) is 0 Å². The van der Waals surface area contributed by atoms with Crippen molar-refractivity contribution in [3.05, 3.63) is 29.8 Å². The van der Waals surface area contributed by atoms with Crippen molar-refractivity contribution < 1.29 is 22.7 Å². The minimum atomic E-state index is -3.57. The van der Waals surface area contributed by atoms with Crippen molar-refractivity contribution in [2.24, 2.45) is 0 Å². The molecule has 1 aromatic carbocycles. The van der Waals surface area contributed by atoms with Crippen LogP contribution in [0, 0.1) is 0 Å². The Morgan fingerprint density at radius 1 is 1.15 bits per heavy atom. The first-order chi connectivity index (χ1) is 12.8. The van der Waals surface area contributed by atoms with Gasteiger partial charge in [0.05, 0.1) is 18.1 Å². The quantitative estimate of drug-likeness (QED) is 0.752. The third-order valence-corrected chi connectivity index (χ3v) is 6.37. The van der Waals surface area contributed by atoms with Crippen LogP contribution in [-0.4, -0.2) is 83.4 Å². The lowest BCUT2D eigenvalue weighted by molar-refractivity contribution is -0.181. The maximum atomic E-state index is 12.7. The number of carbonyl (C=O) groups is 1. The number of ether oxygens (including phenoxy) is 2. The Hall–Kier alpha value is -1.52. The van der Waals surface area contributed by atoms with E-state index in [2.05, 4.69) is 4.72 Å². The number of sulfonamides is 1. The number of nitrogens with one attached hydrogen (secondary N) is 1. The van der Waals surface area contributed by atoms with Crippen molar-refractivity contribution in [1.82, 2.24) is 14.5 Å². The van der Waals surface area contributed by atoms with Gasteiger partial charge in [-0.05, 0) is 38.4 Å². The SMILES string of the molecule is CN(C)CCNS(=O)(=O)c1ccc(C(=O)N2CCC3(CC2)OCCO3)cc1. The average molecular weight is 397 g/mol. The largest absolute Gasteiger partial charge is 0.347 e. The molecule has 1 spiro atoms. The summed E-state index contributed by atoms with van der Waals surface area (Å²) in [5.74, 6) is -0.625. The van der Waals surface area contributed by atoms with Gasteiger partial charge in [-0.2, -0.15) is 0 Å². The zero-order chi connectivity index (χ0) is 19.5. The Labute approximate surface area is 160 Å². The zero-order valence-electron chi connectivity index (χ0n) is 15.8. The summed E-state index contributed by atoms with van der Waals surface area (Å²) in [5, 5.41) is 0. The Balaban J connectivity index is 1.59. The summed E-state index contributed by atoms with van der Waals surface area (Å²) in [6.07, 6.45) is 1.31. The number of rotatable bonds is 6. The van der Waals surface area contributed by atoms with Crippen molar-refractivity contribution in [2.45, 2.75) is 23.5 Å². The van der Waals surface area contributed by atoms with Crippen LogP contribution in [0.4, 0.5) is 0 Å². The fourth-order valence-corrected chi connectivity index (χ4v) is 4.30. The van der Waals surface area contributed by atoms with E-state index in [0.717, 1.165) is 0 Å². The third kappa shape index (κ3) is 4.85. The number of hydrogen-bond donors (Lipinski definition) is 1. The van der Waals surface area contributed by atoms with E-state index >= 15 is 0 Å². The van der Waals surface area contributed by atoms with Gasteiger partial charge in [0.15, 0.2) is 5.79 Å². The van der Waals surface area contributed by atoms with Crippen molar-refractivity contribution in [3.63, 3.8) is 0 Å². The molecule has 2 aliphatic rings. The predicted molar refractivity (Wildman–Crippen MR) is 100.0 cm³/mol. The fourth-order valence-electron chi connectivity index (χ4n) is 3.28. The van der Waals surface area contributed by atoms with Gasteiger partial charge < -0.3 is 19.3 Å². The van der Waals surface area contributed by atoms with Crippen molar-refractivity contribution in [3.8, 4) is 0 Å². The Kier molecular flexibility index (Phi) is 6.17. The number of hydrogen-bond acceptors (Lipinski definition) is 6. The molecule has 1 N–H and O–H groups in total. The molecule has 8 nitrogen and oxygen atoms in total. The molecule has 2 aliphatic heterocycles. The molecule has 27 heavy (non-hydrogen) atoms. The standard InChI is InChI=1S/C18H27N3O5S/c1-20(2)12-9-19-27(23,24)16-5-3-15(4-6-16)17(22)21-10-7-18(8-11-21)25-13-14-26-18/h3-6,19H,7-14H2,1-2H3. The third-order valence-electron chi connectivity index (χ3n) is 4.89. The van der Waals surface area contributed by atoms with Crippen LogP contribution in [0.25, 0.3) is 0 Å². The van der Waals surface area contributed by atoms with Crippen LogP contribution in [0.3, 0.4) is 0 Å². The van der Waals surface area contributed by atoms with Crippen LogP contribution >= 0.6 is 0 Å². The Bertz CT molecular complexity index is 748. The van der Waals surface area contributed by atoms with Gasteiger partial charge in [0, 0.05) is 44.6 Å². The highest BCUT2D eigenvalue weighted by atomic mass is 32.2. The molecular formula is C18H27N3O5S. The lowest BCUT2D eigenvalue weighted by atomic mass is 10.0. The summed E-state index contributed by atoms with van der Waals surface area (Å²) in [5.41, 5.74) is 0.478. The van der Waals surface area contributed by atoms with Crippen LogP contribution in [0.2, 0.25) is 0 Å². The summed E-state index contributed by atoms with van der Waals surface area (Å²) in [7, 11) is 0.181. The van der Waals surface area contributed by atoms with Crippen molar-refractivity contribution >= 4 is 15.9 Å². The van der Waals surface area contributed by atoms with Gasteiger partial charge in [0.1, 0.15) is 0 Å². The molecule has 2 fully saturated rings. The second-order valence-corrected chi connectivity index (χ2v) is 8.89. The highest BCUT2D eigenvalue weighted by Gasteiger charge is 2.40. The first-order valence-electron chi connectivity index (χ1n) is 9.13. The highest BCUT2D eigenvalue weighted by Crippen LogP contribution is 2.31. The molecule has 0 saturated carbocycles. The van der Waals surface area contributed by atoms with E-state index in [1.54, 1.807) is 17.0 Å². The summed E-state index contributed by atoms with van der Waals surface area (Å²) in [6.45, 7) is 3.27. The molecule has 2 heterocycles. The molecule has 0 radical (unpaired) electrons. The van der Waals surface area contributed by atoms with Gasteiger partial charge in [-0.15, -0.1) is 0 Å². The molecular weight excluding hydrogens is 370 g/mol. The molecule has 150 valence electrons. The number of likely N-dealkylation sites (N-methyl/N-ethyl adjacent to an activating group) is 1. The van der Waals surface area contributed by atoms with E-state index in [-0.39, 0.29) is 10.8 Å². The molecule has 1 amide bonds. The Morgan fingerprint density at radius 3 is 2.30 bits per heavy atom. The number of likely N-dealkylation sites (tertiary alicyclic amines) is 1. The minimum absolute atomic E-state index is 0.104. The lowest BCUT2D eigenvalue weighted by Gasteiger charge is -2.37. The summed E-state index contributed by atoms with van der Waals surface area (Å²) in [4.78, 5) is 16.5. The van der Waals surface area contributed by atoms with Crippen molar-refractivity contribution in [2.75, 3.05) is 53.5 Å². The van der Waals surface area contributed by atoms with Gasteiger partial charge in [-0.25, -0.2) is 13.1 Å². The van der Waals surface area contributed by atoms with E-state index in [9.17, 15) is 13.2 Å². The average Bonchev–Trinajstić information content (AvgIpc) is 3.09. The number of amides is 1. The van der Waals surface area contributed by atoms with Gasteiger partial charge >= 0.3 is 0 Å². The molecule has 0 bridgehead atoms. The number of benzene rings is 1. The maximum Gasteiger partial charge on any atom is 0.253 e. The summed E-state index contributed by atoms with van der Waals surface area (Å²) < 4.78 is 38.5. The van der Waals surface area contributed by atoms with E-state index < -0.39 is 15.8 Å². The second kappa shape index (κ2) is 8.24. The normalized spacial score (nSPS) is 19.7. The molecule has 3 rings (SSSR count). The van der Waals surface area contributed by atoms with Crippen LogP contribution in [0.5, 0.6) is 0 Å². The van der Waals surface area contributed by atoms with Crippen LogP contribution < -0.4 is 4.72 Å². The molecule has 9 heteroatoms. The van der Waals surface area contributed by atoms with E-state index in [1.165, 1.54) is 12.1 Å². The van der Waals surface area contributed by atoms with Gasteiger partial charge in [-0.3, -0.25) is 4.79 Å². The van der Waals surface area contributed by atoms with Crippen LogP contribution in [-0.2, 0) is 19.5 Å². The molecule has 0 aliphatic carbocycles. The maximum absolute atomic E-state index is 12.7. The number of piperidine rings is 1. The fraction of sp³-hybridized carbons (Fsp3) is 0.611. The van der Waals surface area contributed by atoms with Crippen LogP contribution in [0.1, 0.15) is 23.2 Å². The van der Waals surface area contributed by atoms with Crippen LogP contribution in [0.15, 0.2) is 29.2 Å². The highest BCUT2D eigenvalue weighted by molar-refractivity contribution is 7.89. The van der Waals surface area contributed by atoms with E-state index in [1.807, 2.05) is 19.0 Å². The monoisotopic (exact) mass is 397 g/mol. The summed E-state index contributed by atoms with van der Waals surface area (Å²) in [6, 6.07) is 6.07. The minimum Gasteiger partial charge on any atom is -0.347 e. The first-order valence-corrected chi connectivity index (χ1v) is 10.6. The number of carbonyl (C=O) groups excluding carboxylic acids is 1. The zero-order valence-corrected chi connectivity index (χ0v) is 16.6. The number of nitrogens with zero attached hydrogens (tertiary/aromatic N) is 2. The second-order valence-electron chi connectivity index (χ2n) is 7.13. The topological polar surface area (TPSA) is 88.2 Å². The van der Waals surface area contributed by atoms with Gasteiger partial charge in [0.2, 0.25) is 10.0 Å². The molecule has 2 saturated heterocycles. The predicted octanol–water partition coefficient (Wildman–Crippen LogP) is 0.506. The van der Waals surface area contributed by atoms with E-state index in [0.29, 0.717) is 57.8 Å². The molecule has 1 aromatic rings. The van der Waals surface area contributed by atoms with Gasteiger partial charge in [-0.1, -0.05) is 0 Å². The lowest BCUT2D eigenvalue weighted by Crippen LogP contribution is -2.47. The molecule has 0 atom stereocenters. The van der Waals surface area contributed by atoms with E-state index in [4.69, 9.17) is 9.47 Å². The smallest absolute Gasteiger partial charge is 0.253 e. The molecule has 0 aromatic heterocycles. The first kappa shape index (κ1) is 20.2. The summed E-state index contributed by atoms with van der Waals surface area (Å²) >= 11 is 0. The molecule has 0 unspecified atom stereocenters. The Morgan fingerprint density at radius 2 is 1.74 bits per heavy atom.